The van der Waals surface area contributed by atoms with Crippen molar-refractivity contribution in [1.29, 1.82) is 0 Å². The second-order valence-electron chi connectivity index (χ2n) is 11.0. The summed E-state index contributed by atoms with van der Waals surface area (Å²) in [5.74, 6) is -2.49. The summed E-state index contributed by atoms with van der Waals surface area (Å²) in [5, 5.41) is 15.5. The maximum Gasteiger partial charge on any atom is 0.244 e. The zero-order chi connectivity index (χ0) is 26.7. The third kappa shape index (κ3) is 3.90. The lowest BCUT2D eigenvalue weighted by Gasteiger charge is -2.35. The number of hydrogen-bond acceptors (Lipinski definition) is 6. The third-order valence-corrected chi connectivity index (χ3v) is 10.9. The van der Waals surface area contributed by atoms with Gasteiger partial charge >= 0.3 is 0 Å². The average Bonchev–Trinajstić information content (AvgIpc) is 3.15. The van der Waals surface area contributed by atoms with E-state index in [0.717, 1.165) is 24.1 Å². The average molecular weight is 535 g/mol. The molecular formula is C29H32N3O5S. The Bertz CT molecular complexity index is 1390. The van der Waals surface area contributed by atoms with Crippen LogP contribution in [-0.4, -0.2) is 61.0 Å². The zero-order valence-corrected chi connectivity index (χ0v) is 22.0. The van der Waals surface area contributed by atoms with Gasteiger partial charge in [0.05, 0.1) is 17.7 Å². The first-order valence-corrected chi connectivity index (χ1v) is 14.7. The van der Waals surface area contributed by atoms with E-state index in [0.29, 0.717) is 25.1 Å². The SMILES string of the molecule is CC1C(=O)NC23C=Cc4ccccc4C2S(=O)(=O)[C](C(=O)NC2CCCN(Cc4ccccc4)C[C@@H]2O)C13. The predicted molar refractivity (Wildman–Crippen MR) is 143 cm³/mol. The molecule has 3 saturated heterocycles. The first-order valence-electron chi connectivity index (χ1n) is 13.2. The number of benzene rings is 2. The minimum atomic E-state index is -4.11. The van der Waals surface area contributed by atoms with Gasteiger partial charge in [0.1, 0.15) is 5.25 Å². The molecule has 0 bridgehead atoms. The Kier molecular flexibility index (Phi) is 6.20. The molecule has 6 rings (SSSR count). The van der Waals surface area contributed by atoms with E-state index in [4.69, 9.17) is 0 Å². The van der Waals surface area contributed by atoms with Crippen LogP contribution in [0.15, 0.2) is 60.7 Å². The number of fused-ring (bicyclic) bond motifs is 2. The zero-order valence-electron chi connectivity index (χ0n) is 21.2. The van der Waals surface area contributed by atoms with Crippen molar-refractivity contribution in [2.24, 2.45) is 11.8 Å². The van der Waals surface area contributed by atoms with Crippen molar-refractivity contribution >= 4 is 27.7 Å². The molecule has 2 aromatic carbocycles. The van der Waals surface area contributed by atoms with E-state index < -0.39 is 50.5 Å². The molecule has 0 saturated carbocycles. The van der Waals surface area contributed by atoms with Crippen LogP contribution in [0.25, 0.3) is 6.08 Å². The monoisotopic (exact) mass is 534 g/mol. The molecule has 4 aliphatic rings. The molecule has 2 aromatic rings. The number of carbonyl (C=O) groups excluding carboxylic acids is 2. The fourth-order valence-electron chi connectivity index (χ4n) is 6.86. The lowest BCUT2D eigenvalue weighted by molar-refractivity contribution is -0.122. The summed E-state index contributed by atoms with van der Waals surface area (Å²) in [6.07, 6.45) is 4.02. The maximum absolute atomic E-state index is 14.1. The van der Waals surface area contributed by atoms with E-state index in [-0.39, 0.29) is 11.2 Å². The molecule has 0 aromatic heterocycles. The number of amides is 2. The van der Waals surface area contributed by atoms with E-state index >= 15 is 0 Å². The van der Waals surface area contributed by atoms with Gasteiger partial charge in [0.15, 0.2) is 15.1 Å². The first-order chi connectivity index (χ1) is 18.2. The Morgan fingerprint density at radius 2 is 1.89 bits per heavy atom. The van der Waals surface area contributed by atoms with Crippen molar-refractivity contribution in [2.75, 3.05) is 13.1 Å². The molecule has 1 aliphatic carbocycles. The third-order valence-electron chi connectivity index (χ3n) is 8.61. The quantitative estimate of drug-likeness (QED) is 0.553. The number of aliphatic hydroxyl groups is 1. The Morgan fingerprint density at radius 1 is 1.16 bits per heavy atom. The largest absolute Gasteiger partial charge is 0.390 e. The van der Waals surface area contributed by atoms with E-state index in [1.54, 1.807) is 25.1 Å². The van der Waals surface area contributed by atoms with E-state index in [2.05, 4.69) is 15.5 Å². The number of rotatable bonds is 4. The molecule has 3 fully saturated rings. The maximum atomic E-state index is 14.1. The molecular weight excluding hydrogens is 502 g/mol. The summed E-state index contributed by atoms with van der Waals surface area (Å²) < 4.78 is 28.2. The second-order valence-corrected chi connectivity index (χ2v) is 13.0. The van der Waals surface area contributed by atoms with Crippen LogP contribution in [0.3, 0.4) is 0 Å². The second kappa shape index (κ2) is 9.32. The van der Waals surface area contributed by atoms with Crippen molar-refractivity contribution in [1.82, 2.24) is 15.5 Å². The van der Waals surface area contributed by atoms with Crippen LogP contribution in [0.5, 0.6) is 0 Å². The number of likely N-dealkylation sites (tertiary alicyclic amines) is 1. The van der Waals surface area contributed by atoms with Crippen molar-refractivity contribution in [3.8, 4) is 0 Å². The molecule has 9 heteroatoms. The van der Waals surface area contributed by atoms with Gasteiger partial charge in [0.25, 0.3) is 0 Å². The van der Waals surface area contributed by atoms with Crippen LogP contribution in [0, 0.1) is 17.1 Å². The van der Waals surface area contributed by atoms with Crippen molar-refractivity contribution < 1.29 is 23.1 Å². The molecule has 6 atom stereocenters. The van der Waals surface area contributed by atoms with Gasteiger partial charge in [-0.25, -0.2) is 8.42 Å². The van der Waals surface area contributed by atoms with E-state index in [1.165, 1.54) is 0 Å². The van der Waals surface area contributed by atoms with E-state index in [9.17, 15) is 23.1 Å². The highest BCUT2D eigenvalue weighted by Crippen LogP contribution is 2.61. The van der Waals surface area contributed by atoms with Crippen molar-refractivity contribution in [3.63, 3.8) is 0 Å². The van der Waals surface area contributed by atoms with Crippen LogP contribution in [0.1, 0.15) is 41.7 Å². The number of sulfone groups is 1. The molecule has 3 heterocycles. The highest BCUT2D eigenvalue weighted by Gasteiger charge is 2.72. The Balaban J connectivity index is 1.27. The van der Waals surface area contributed by atoms with Gasteiger partial charge in [-0.1, -0.05) is 73.7 Å². The van der Waals surface area contributed by atoms with Gasteiger partial charge in [-0.2, -0.15) is 0 Å². The summed E-state index contributed by atoms with van der Waals surface area (Å²) in [6, 6.07) is 16.6. The van der Waals surface area contributed by atoms with Gasteiger partial charge < -0.3 is 15.7 Å². The summed E-state index contributed by atoms with van der Waals surface area (Å²) in [7, 11) is -4.11. The van der Waals surface area contributed by atoms with Crippen molar-refractivity contribution in [3.05, 3.63) is 82.6 Å². The topological polar surface area (TPSA) is 116 Å². The van der Waals surface area contributed by atoms with Crippen LogP contribution in [0.4, 0.5) is 0 Å². The smallest absolute Gasteiger partial charge is 0.244 e. The van der Waals surface area contributed by atoms with Crippen LogP contribution in [-0.2, 0) is 26.0 Å². The van der Waals surface area contributed by atoms with Gasteiger partial charge in [-0.15, -0.1) is 0 Å². The number of hydrogen-bond donors (Lipinski definition) is 3. The minimum Gasteiger partial charge on any atom is -0.390 e. The predicted octanol–water partition coefficient (Wildman–Crippen LogP) is 1.98. The molecule has 5 unspecified atom stereocenters. The Hall–Kier alpha value is -3.01. The fraction of sp³-hybridized carbons (Fsp3) is 0.414. The summed E-state index contributed by atoms with van der Waals surface area (Å²) in [5.41, 5.74) is 1.29. The summed E-state index contributed by atoms with van der Waals surface area (Å²) in [4.78, 5) is 28.8. The van der Waals surface area contributed by atoms with Crippen LogP contribution in [0.2, 0.25) is 0 Å². The Labute approximate surface area is 223 Å². The molecule has 2 amide bonds. The normalized spacial score (nSPS) is 34.1. The lowest BCUT2D eigenvalue weighted by atomic mass is 9.72. The fourth-order valence-corrected chi connectivity index (χ4v) is 9.53. The van der Waals surface area contributed by atoms with Crippen LogP contribution < -0.4 is 10.6 Å². The molecule has 8 nitrogen and oxygen atoms in total. The summed E-state index contributed by atoms with van der Waals surface area (Å²) >= 11 is 0. The number of nitrogens with zero attached hydrogens (tertiary/aromatic N) is 1. The van der Waals surface area contributed by atoms with Gasteiger partial charge in [0.2, 0.25) is 11.8 Å². The Morgan fingerprint density at radius 3 is 2.68 bits per heavy atom. The first kappa shape index (κ1) is 25.3. The number of β-amino-alcohol motifs (C(OH)–C–C–N with tert-alkyl or cyclic N) is 1. The number of nitrogens with one attached hydrogen (secondary N) is 2. The molecule has 1 spiro atoms. The molecule has 3 N–H and O–H groups in total. The lowest BCUT2D eigenvalue weighted by Crippen LogP contribution is -2.50. The highest BCUT2D eigenvalue weighted by molar-refractivity contribution is 7.95. The molecule has 38 heavy (non-hydrogen) atoms. The number of carbonyl (C=O) groups is 2. The van der Waals surface area contributed by atoms with Crippen LogP contribution >= 0.6 is 0 Å². The minimum absolute atomic E-state index is 0.257. The van der Waals surface area contributed by atoms with Gasteiger partial charge in [-0.3, -0.25) is 14.5 Å². The standard InChI is InChI=1S/C29H32N3O5S/c1-18-24-25(28(35)30-22-12-7-15-32(17-23(22)33)16-19-8-3-2-4-9-19)38(36,37)26-21-11-6-5-10-20(21)13-14-29(24,26)31-27(18)34/h2-6,8-11,13-14,18,22-24,26,33H,7,12,15-17H2,1H3,(H,30,35)(H,31,34)/t18?,22?,23-,24?,26?,29?/m0/s1. The van der Waals surface area contributed by atoms with Gasteiger partial charge in [-0.05, 0) is 36.1 Å². The van der Waals surface area contributed by atoms with Gasteiger partial charge in [0, 0.05) is 24.9 Å². The molecule has 3 aliphatic heterocycles. The van der Waals surface area contributed by atoms with E-state index in [1.807, 2.05) is 48.5 Å². The molecule has 199 valence electrons. The number of aliphatic hydroxyl groups excluding tert-OH is 1. The highest BCUT2D eigenvalue weighted by atomic mass is 32.2. The summed E-state index contributed by atoms with van der Waals surface area (Å²) in [6.45, 7) is 3.49. The molecule has 1 radical (unpaired) electrons. The van der Waals surface area contributed by atoms with Crippen molar-refractivity contribution in [2.45, 2.75) is 49.2 Å².